The Morgan fingerprint density at radius 3 is 2.72 bits per heavy atom. The first-order valence-corrected chi connectivity index (χ1v) is 10.3. The lowest BCUT2D eigenvalue weighted by atomic mass is 9.83. The summed E-state index contributed by atoms with van der Waals surface area (Å²) in [5.74, 6) is 0.332. The van der Waals surface area contributed by atoms with Crippen LogP contribution in [-0.4, -0.2) is 36.0 Å². The highest BCUT2D eigenvalue weighted by Crippen LogP contribution is 2.37. The molecule has 0 radical (unpaired) electrons. The van der Waals surface area contributed by atoms with Crippen LogP contribution in [0.25, 0.3) is 5.57 Å². The van der Waals surface area contributed by atoms with Crippen LogP contribution in [-0.2, 0) is 16.0 Å². The molecule has 0 N–H and O–H groups in total. The largest absolute Gasteiger partial charge is 0.491 e. The van der Waals surface area contributed by atoms with Crippen LogP contribution < -0.4 is 0 Å². The van der Waals surface area contributed by atoms with Crippen LogP contribution >= 0.6 is 11.6 Å². The highest BCUT2D eigenvalue weighted by atomic mass is 35.5. The van der Waals surface area contributed by atoms with Crippen molar-refractivity contribution in [3.63, 3.8) is 0 Å². The zero-order valence-electron chi connectivity index (χ0n) is 18.0. The lowest BCUT2D eigenvalue weighted by Gasteiger charge is -2.32. The van der Waals surface area contributed by atoms with Gasteiger partial charge in [-0.1, -0.05) is 43.3 Å². The van der Waals surface area contributed by atoms with E-state index in [0.717, 1.165) is 16.7 Å². The topological polar surface area (TPSA) is 29.5 Å². The van der Waals surface area contributed by atoms with Gasteiger partial charge >= 0.3 is 0 Å². The molecule has 0 saturated heterocycles. The number of halogens is 2. The van der Waals surface area contributed by atoms with Gasteiger partial charge in [0, 0.05) is 29.8 Å². The normalized spacial score (nSPS) is 21.0. The van der Waals surface area contributed by atoms with Gasteiger partial charge < -0.3 is 9.64 Å². The number of alkyl halides is 1. The fourth-order valence-electron chi connectivity index (χ4n) is 3.68. The summed E-state index contributed by atoms with van der Waals surface area (Å²) < 4.78 is 21.0. The first-order chi connectivity index (χ1) is 13.6. The van der Waals surface area contributed by atoms with E-state index in [1.807, 2.05) is 49.3 Å². The van der Waals surface area contributed by atoms with Crippen LogP contribution in [0.5, 0.6) is 0 Å². The molecule has 1 aromatic carbocycles. The van der Waals surface area contributed by atoms with E-state index >= 15 is 0 Å². The van der Waals surface area contributed by atoms with E-state index in [0.29, 0.717) is 23.6 Å². The van der Waals surface area contributed by atoms with Gasteiger partial charge in [-0.15, -0.1) is 0 Å². The average Bonchev–Trinajstić information content (AvgIpc) is 2.61. The molecule has 29 heavy (non-hydrogen) atoms. The van der Waals surface area contributed by atoms with Crippen molar-refractivity contribution in [3.8, 4) is 0 Å². The quantitative estimate of drug-likeness (QED) is 0.567. The first kappa shape index (κ1) is 23.2. The zero-order valence-corrected chi connectivity index (χ0v) is 18.7. The predicted octanol–water partition coefficient (Wildman–Crippen LogP) is 5.99. The first-order valence-electron chi connectivity index (χ1n) is 9.96. The van der Waals surface area contributed by atoms with E-state index in [1.165, 1.54) is 0 Å². The molecule has 0 saturated carbocycles. The maximum absolute atomic E-state index is 14.9. The number of fused-ring (bicyclic) bond motifs is 1. The molecule has 0 spiro atoms. The van der Waals surface area contributed by atoms with Gasteiger partial charge in [-0.05, 0) is 56.9 Å². The fraction of sp³-hybridized carbons (Fsp3) is 0.458. The van der Waals surface area contributed by atoms with Crippen molar-refractivity contribution in [2.45, 2.75) is 52.2 Å². The zero-order chi connectivity index (χ0) is 21.8. The van der Waals surface area contributed by atoms with E-state index in [4.69, 9.17) is 16.3 Å². The molecule has 0 amide bonds. The van der Waals surface area contributed by atoms with E-state index in [-0.39, 0.29) is 24.3 Å². The second-order valence-corrected chi connectivity index (χ2v) is 8.52. The minimum absolute atomic E-state index is 0.0816. The van der Waals surface area contributed by atoms with Crippen LogP contribution in [0.3, 0.4) is 0 Å². The van der Waals surface area contributed by atoms with Gasteiger partial charge in [0.1, 0.15) is 11.4 Å². The smallest absolute Gasteiger partial charge is 0.152 e. The number of rotatable bonds is 6. The van der Waals surface area contributed by atoms with Crippen molar-refractivity contribution < 1.29 is 13.9 Å². The lowest BCUT2D eigenvalue weighted by molar-refractivity contribution is -0.121. The number of carbonyl (C=O) groups excluding carboxylic acids is 1. The Morgan fingerprint density at radius 2 is 2.17 bits per heavy atom. The third-order valence-electron chi connectivity index (χ3n) is 5.46. The van der Waals surface area contributed by atoms with Crippen LogP contribution in [0.1, 0.15) is 45.2 Å². The molecule has 2 atom stereocenters. The molecular formula is C24H31ClFNO2. The summed E-state index contributed by atoms with van der Waals surface area (Å²) in [7, 11) is 1.85. The van der Waals surface area contributed by atoms with E-state index in [2.05, 4.69) is 6.58 Å². The Kier molecular flexibility index (Phi) is 7.70. The standard InChI is InChI=1S/C24H31ClFNO2/c1-7-9-20-21-13-19(25)11-10-17(21)12-18(24(4,5)26)15-29-23(20)14-27(6)22(8-2)16(3)28/h7,9-11,13-14,18,22H,1,8,12,15H2,2-6H3/b20-9-,23-14+. The molecular weight excluding hydrogens is 389 g/mol. The molecule has 1 aliphatic rings. The number of carbonyl (C=O) groups is 1. The van der Waals surface area contributed by atoms with Gasteiger partial charge in [-0.2, -0.15) is 0 Å². The van der Waals surface area contributed by atoms with Crippen LogP contribution in [0, 0.1) is 5.92 Å². The molecule has 2 rings (SSSR count). The summed E-state index contributed by atoms with van der Waals surface area (Å²) in [6, 6.07) is 5.40. The molecule has 2 unspecified atom stereocenters. The Morgan fingerprint density at radius 1 is 1.48 bits per heavy atom. The number of likely N-dealkylation sites (N-methyl/N-ethyl adjacent to an activating group) is 1. The summed E-state index contributed by atoms with van der Waals surface area (Å²) in [5, 5.41) is 0.596. The van der Waals surface area contributed by atoms with Crippen molar-refractivity contribution in [2.24, 2.45) is 5.92 Å². The average molecular weight is 420 g/mol. The number of hydrogen-bond donors (Lipinski definition) is 0. The van der Waals surface area contributed by atoms with Gasteiger partial charge in [0.05, 0.1) is 12.6 Å². The van der Waals surface area contributed by atoms with Gasteiger partial charge in [-0.3, -0.25) is 4.79 Å². The SMILES string of the molecule is C=C/C=C1\C(=C/N(C)C(CC)C(C)=O)OCC(C(C)(C)F)Cc2ccc(Cl)cc21. The lowest BCUT2D eigenvalue weighted by Crippen LogP contribution is -2.35. The number of allylic oxidation sites excluding steroid dienone is 3. The van der Waals surface area contributed by atoms with Crippen molar-refractivity contribution in [1.82, 2.24) is 4.90 Å². The van der Waals surface area contributed by atoms with Crippen LogP contribution in [0.4, 0.5) is 4.39 Å². The summed E-state index contributed by atoms with van der Waals surface area (Å²) in [5.41, 5.74) is 1.31. The Hall–Kier alpha value is -2.07. The third kappa shape index (κ3) is 5.72. The molecule has 1 aromatic rings. The van der Waals surface area contributed by atoms with Gasteiger partial charge in [0.2, 0.25) is 0 Å². The van der Waals surface area contributed by atoms with Crippen LogP contribution in [0.2, 0.25) is 5.02 Å². The fourth-order valence-corrected chi connectivity index (χ4v) is 3.85. The second kappa shape index (κ2) is 9.62. The van der Waals surface area contributed by atoms with E-state index < -0.39 is 5.67 Å². The third-order valence-corrected chi connectivity index (χ3v) is 5.69. The molecule has 0 bridgehead atoms. The summed E-state index contributed by atoms with van der Waals surface area (Å²) in [6.07, 6.45) is 6.60. The molecule has 5 heteroatoms. The maximum atomic E-state index is 14.9. The summed E-state index contributed by atoms with van der Waals surface area (Å²) in [6.45, 7) is 10.8. The number of benzene rings is 1. The van der Waals surface area contributed by atoms with Gasteiger partial charge in [0.15, 0.2) is 5.78 Å². The Bertz CT molecular complexity index is 823. The molecule has 0 aliphatic carbocycles. The van der Waals surface area contributed by atoms with Gasteiger partial charge in [-0.25, -0.2) is 4.39 Å². The second-order valence-electron chi connectivity index (χ2n) is 8.09. The number of ether oxygens (including phenoxy) is 1. The highest BCUT2D eigenvalue weighted by Gasteiger charge is 2.33. The van der Waals surface area contributed by atoms with Gasteiger partial charge in [0.25, 0.3) is 0 Å². The minimum Gasteiger partial charge on any atom is -0.491 e. The minimum atomic E-state index is -1.40. The molecule has 0 aromatic heterocycles. The number of ketones is 1. The van der Waals surface area contributed by atoms with E-state index in [1.54, 1.807) is 26.8 Å². The van der Waals surface area contributed by atoms with Crippen molar-refractivity contribution >= 4 is 23.0 Å². The molecule has 3 nitrogen and oxygen atoms in total. The summed E-state index contributed by atoms with van der Waals surface area (Å²) >= 11 is 6.29. The van der Waals surface area contributed by atoms with Crippen LogP contribution in [0.15, 0.2) is 48.9 Å². The monoisotopic (exact) mass is 419 g/mol. The molecule has 1 aliphatic heterocycles. The predicted molar refractivity (Wildman–Crippen MR) is 119 cm³/mol. The molecule has 1 heterocycles. The highest BCUT2D eigenvalue weighted by molar-refractivity contribution is 6.30. The maximum Gasteiger partial charge on any atom is 0.152 e. The number of nitrogens with zero attached hydrogens (tertiary/aromatic N) is 1. The number of hydrogen-bond acceptors (Lipinski definition) is 3. The molecule has 0 fully saturated rings. The molecule has 158 valence electrons. The number of Topliss-reactive ketones (excluding diaryl/α,β-unsaturated/α-hetero) is 1. The Balaban J connectivity index is 2.63. The van der Waals surface area contributed by atoms with Crippen molar-refractivity contribution in [2.75, 3.05) is 13.7 Å². The van der Waals surface area contributed by atoms with Crippen molar-refractivity contribution in [3.05, 3.63) is 65.0 Å². The van der Waals surface area contributed by atoms with E-state index in [9.17, 15) is 9.18 Å². The van der Waals surface area contributed by atoms with Crippen molar-refractivity contribution in [1.29, 1.82) is 0 Å². The Labute approximate surface area is 178 Å². The summed E-state index contributed by atoms with van der Waals surface area (Å²) in [4.78, 5) is 13.9.